The molecule has 0 amide bonds. The van der Waals surface area contributed by atoms with Gasteiger partial charge in [0, 0.05) is 49.4 Å². The Morgan fingerprint density at radius 2 is 1.91 bits per heavy atom. The minimum absolute atomic E-state index is 0.305. The molecule has 0 spiro atoms. The highest BCUT2D eigenvalue weighted by Gasteiger charge is 2.40. The average Bonchev–Trinajstić information content (AvgIpc) is 3.57. The van der Waals surface area contributed by atoms with Crippen LogP contribution < -0.4 is 15.5 Å². The number of aromatic nitrogens is 3. The first-order valence-electron chi connectivity index (χ1n) is 11.3. The van der Waals surface area contributed by atoms with Gasteiger partial charge in [0.25, 0.3) is 0 Å². The first kappa shape index (κ1) is 21.0. The summed E-state index contributed by atoms with van der Waals surface area (Å²) in [6.45, 7) is 2.25. The van der Waals surface area contributed by atoms with E-state index < -0.39 is 11.7 Å². The summed E-state index contributed by atoms with van der Waals surface area (Å²) in [5.74, 6) is 1.36. The van der Waals surface area contributed by atoms with Crippen LogP contribution in [0.5, 0.6) is 0 Å². The number of halogens is 3. The summed E-state index contributed by atoms with van der Waals surface area (Å²) in [6.07, 6.45) is -1.76. The lowest BCUT2D eigenvalue weighted by Crippen LogP contribution is -2.43. The molecular weight excluding hydrogens is 441 g/mol. The predicted molar refractivity (Wildman–Crippen MR) is 125 cm³/mol. The van der Waals surface area contributed by atoms with E-state index in [-0.39, 0.29) is 0 Å². The quantitative estimate of drug-likeness (QED) is 0.452. The van der Waals surface area contributed by atoms with E-state index in [4.69, 9.17) is 5.10 Å². The van der Waals surface area contributed by atoms with Gasteiger partial charge in [-0.05, 0) is 36.2 Å². The Hall–Kier alpha value is -3.59. The normalized spacial score (nSPS) is 19.8. The van der Waals surface area contributed by atoms with Gasteiger partial charge in [0.2, 0.25) is 0 Å². The van der Waals surface area contributed by atoms with Crippen LogP contribution in [-0.2, 0) is 12.7 Å². The number of nitrogens with zero attached hydrogens (tertiary/aromatic N) is 4. The number of hydrogen-bond acceptors (Lipinski definition) is 5. The fourth-order valence-electron chi connectivity index (χ4n) is 4.94. The van der Waals surface area contributed by atoms with Crippen molar-refractivity contribution in [2.24, 2.45) is 0 Å². The van der Waals surface area contributed by atoms with Crippen molar-refractivity contribution >= 4 is 22.5 Å². The zero-order valence-corrected chi connectivity index (χ0v) is 18.3. The van der Waals surface area contributed by atoms with Crippen LogP contribution in [0.15, 0.2) is 66.9 Å². The van der Waals surface area contributed by atoms with Gasteiger partial charge in [0.05, 0.1) is 16.8 Å². The van der Waals surface area contributed by atoms with Crippen LogP contribution in [0.4, 0.5) is 24.8 Å². The molecule has 4 aromatic rings. The van der Waals surface area contributed by atoms with Crippen LogP contribution in [0, 0.1) is 0 Å². The van der Waals surface area contributed by atoms with Gasteiger partial charge < -0.3 is 15.5 Å². The Bertz CT molecular complexity index is 1330. The van der Waals surface area contributed by atoms with Gasteiger partial charge in [0.1, 0.15) is 5.82 Å². The van der Waals surface area contributed by atoms with Crippen LogP contribution in [0.3, 0.4) is 0 Å². The lowest BCUT2D eigenvalue weighted by atomic mass is 10.1. The number of piperazine rings is 1. The van der Waals surface area contributed by atoms with E-state index in [2.05, 4.69) is 20.5 Å². The number of alkyl halides is 3. The number of pyridine rings is 1. The molecule has 6 rings (SSSR count). The predicted octanol–water partition coefficient (Wildman–Crippen LogP) is 4.60. The van der Waals surface area contributed by atoms with E-state index in [9.17, 15) is 13.2 Å². The van der Waals surface area contributed by atoms with Crippen molar-refractivity contribution in [2.45, 2.75) is 31.2 Å². The molecule has 2 saturated heterocycles. The molecule has 0 unspecified atom stereocenters. The minimum Gasteiger partial charge on any atom is -0.366 e. The molecule has 2 aromatic heterocycles. The number of nitrogens with one attached hydrogen (secondary N) is 2. The van der Waals surface area contributed by atoms with Crippen LogP contribution in [0.25, 0.3) is 16.6 Å². The monoisotopic (exact) mass is 464 g/mol. The molecule has 0 saturated carbocycles. The zero-order valence-electron chi connectivity index (χ0n) is 18.3. The Balaban J connectivity index is 1.41. The minimum atomic E-state index is -4.43. The van der Waals surface area contributed by atoms with Crippen molar-refractivity contribution in [1.29, 1.82) is 0 Å². The van der Waals surface area contributed by atoms with Crippen LogP contribution in [0.2, 0.25) is 0 Å². The maximum absolute atomic E-state index is 13.5. The van der Waals surface area contributed by atoms with Crippen molar-refractivity contribution in [3.63, 3.8) is 0 Å². The topological polar surface area (TPSA) is 58.0 Å². The van der Waals surface area contributed by atoms with Gasteiger partial charge in [-0.15, -0.1) is 5.10 Å². The summed E-state index contributed by atoms with van der Waals surface area (Å²) >= 11 is 0. The smallest absolute Gasteiger partial charge is 0.366 e. The van der Waals surface area contributed by atoms with E-state index >= 15 is 0 Å². The highest BCUT2D eigenvalue weighted by atomic mass is 19.4. The average molecular weight is 464 g/mol. The fourth-order valence-corrected chi connectivity index (χ4v) is 4.94. The van der Waals surface area contributed by atoms with E-state index in [0.29, 0.717) is 35.7 Å². The van der Waals surface area contributed by atoms with E-state index in [1.165, 1.54) is 6.07 Å². The second-order valence-electron chi connectivity index (χ2n) is 8.85. The third kappa shape index (κ3) is 3.75. The molecule has 0 radical (unpaired) electrons. The zero-order chi connectivity index (χ0) is 23.3. The highest BCUT2D eigenvalue weighted by Crippen LogP contribution is 2.38. The highest BCUT2D eigenvalue weighted by molar-refractivity contribution is 5.93. The summed E-state index contributed by atoms with van der Waals surface area (Å²) in [7, 11) is 0. The van der Waals surface area contributed by atoms with E-state index in [1.54, 1.807) is 23.0 Å². The van der Waals surface area contributed by atoms with Gasteiger partial charge >= 0.3 is 6.18 Å². The first-order valence-corrected chi connectivity index (χ1v) is 11.3. The molecule has 2 aliphatic heterocycles. The summed E-state index contributed by atoms with van der Waals surface area (Å²) < 4.78 is 42.2. The van der Waals surface area contributed by atoms with Crippen molar-refractivity contribution in [2.75, 3.05) is 23.3 Å². The Kier molecular flexibility index (Phi) is 4.95. The second-order valence-corrected chi connectivity index (χ2v) is 8.85. The Morgan fingerprint density at radius 1 is 1.06 bits per heavy atom. The van der Waals surface area contributed by atoms with Gasteiger partial charge in [-0.2, -0.15) is 13.2 Å². The van der Waals surface area contributed by atoms with Gasteiger partial charge in [0.15, 0.2) is 5.82 Å². The molecule has 2 bridgehead atoms. The maximum atomic E-state index is 13.5. The molecule has 0 aliphatic carbocycles. The van der Waals surface area contributed by atoms with Crippen LogP contribution in [0.1, 0.15) is 17.5 Å². The summed E-state index contributed by atoms with van der Waals surface area (Å²) in [5, 5.41) is 12.3. The van der Waals surface area contributed by atoms with Gasteiger partial charge in [-0.1, -0.05) is 30.3 Å². The Labute approximate surface area is 194 Å². The second kappa shape index (κ2) is 8.02. The molecule has 2 aromatic carbocycles. The van der Waals surface area contributed by atoms with Crippen molar-refractivity contribution in [1.82, 2.24) is 20.1 Å². The Morgan fingerprint density at radius 3 is 2.65 bits per heavy atom. The van der Waals surface area contributed by atoms with Crippen LogP contribution in [-0.4, -0.2) is 39.9 Å². The molecule has 2 N–H and O–H groups in total. The molecular formula is C25H23F3N6. The summed E-state index contributed by atoms with van der Waals surface area (Å²) in [5.41, 5.74) is 1.51. The molecule has 9 heteroatoms. The largest absolute Gasteiger partial charge is 0.416 e. The molecule has 2 atom stereocenters. The number of rotatable bonds is 5. The fraction of sp³-hybridized carbons (Fsp3) is 0.280. The van der Waals surface area contributed by atoms with Crippen LogP contribution >= 0.6 is 0 Å². The summed E-state index contributed by atoms with van der Waals surface area (Å²) in [6, 6.07) is 18.1. The molecule has 174 valence electrons. The number of fused-ring (bicyclic) bond motifs is 3. The number of anilines is 2. The third-order valence-electron chi connectivity index (χ3n) is 6.62. The first-order chi connectivity index (χ1) is 16.5. The third-order valence-corrected chi connectivity index (χ3v) is 6.62. The molecule has 6 nitrogen and oxygen atoms in total. The molecule has 4 heterocycles. The van der Waals surface area contributed by atoms with Crippen molar-refractivity contribution < 1.29 is 13.2 Å². The summed E-state index contributed by atoms with van der Waals surface area (Å²) in [4.78, 5) is 6.61. The SMILES string of the molecule is FC(F)(F)c1ccc2c(N3C[C@@H]4C[C@H]3CN4)nn(-c3ccnc(NCc4ccccc4)c3)c2c1. The van der Waals surface area contributed by atoms with Gasteiger partial charge in [-0.3, -0.25) is 0 Å². The van der Waals surface area contributed by atoms with E-state index in [1.807, 2.05) is 36.4 Å². The van der Waals surface area contributed by atoms with Crippen molar-refractivity contribution in [3.05, 3.63) is 78.0 Å². The standard InChI is InChI=1S/C25H23F3N6/c26-25(27,28)17-6-7-21-22(10-17)34(32-24(21)33-15-18-11-20(33)14-30-18)19-8-9-29-23(12-19)31-13-16-4-2-1-3-5-16/h1-10,12,18,20,30H,11,13-15H2,(H,29,31)/t18-,20-/m0/s1. The molecule has 34 heavy (non-hydrogen) atoms. The lowest BCUT2D eigenvalue weighted by molar-refractivity contribution is -0.137. The van der Waals surface area contributed by atoms with Crippen molar-refractivity contribution in [3.8, 4) is 5.69 Å². The lowest BCUT2D eigenvalue weighted by Gasteiger charge is -2.27. The number of hydrogen-bond donors (Lipinski definition) is 2. The number of benzene rings is 2. The molecule has 2 aliphatic rings. The maximum Gasteiger partial charge on any atom is 0.416 e. The van der Waals surface area contributed by atoms with E-state index in [0.717, 1.165) is 42.3 Å². The molecule has 2 fully saturated rings. The van der Waals surface area contributed by atoms with Gasteiger partial charge in [-0.25, -0.2) is 9.67 Å².